The Morgan fingerprint density at radius 2 is 1.44 bits per heavy atom. The average molecular weight is 769 g/mol. The summed E-state index contributed by atoms with van der Waals surface area (Å²) in [6.07, 6.45) is 11.8. The summed E-state index contributed by atoms with van der Waals surface area (Å²) in [5.74, 6) is 9.69. The number of hydrogen-bond acceptors (Lipinski definition) is 3. The fourth-order valence-corrected chi connectivity index (χ4v) is 15.0. The zero-order chi connectivity index (χ0) is 39.7. The average Bonchev–Trinajstić information content (AvgIpc) is 3.39. The Bertz CT molecular complexity index is 1370. The van der Waals surface area contributed by atoms with Crippen LogP contribution in [0.25, 0.3) is 0 Å². The molecule has 0 N–H and O–H groups in total. The lowest BCUT2D eigenvalue weighted by atomic mass is 9.62. The van der Waals surface area contributed by atoms with E-state index in [0.29, 0.717) is 11.3 Å². The van der Waals surface area contributed by atoms with E-state index in [4.69, 9.17) is 13.3 Å². The van der Waals surface area contributed by atoms with Crippen molar-refractivity contribution in [2.45, 2.75) is 221 Å². The first-order valence-electron chi connectivity index (χ1n) is 21.4. The van der Waals surface area contributed by atoms with Crippen LogP contribution in [0.5, 0.6) is 0 Å². The van der Waals surface area contributed by atoms with Crippen LogP contribution in [0.4, 0.5) is 0 Å². The van der Waals surface area contributed by atoms with Gasteiger partial charge in [0.2, 0.25) is 0 Å². The Hall–Kier alpha value is -0.689. The molecule has 0 aliphatic heterocycles. The van der Waals surface area contributed by atoms with Crippen LogP contribution < -0.4 is 0 Å². The van der Waals surface area contributed by atoms with Crippen molar-refractivity contribution in [3.63, 3.8) is 0 Å². The van der Waals surface area contributed by atoms with Crippen molar-refractivity contribution in [1.82, 2.24) is 0 Å². The zero-order valence-electron chi connectivity index (χ0n) is 37.7. The largest absolute Gasteiger partial charge is 0.412 e. The minimum Gasteiger partial charge on any atom is -0.412 e. The van der Waals surface area contributed by atoms with Crippen molar-refractivity contribution in [2.24, 2.45) is 23.2 Å². The summed E-state index contributed by atoms with van der Waals surface area (Å²) in [5, 5.41) is 0.228. The van der Waals surface area contributed by atoms with Gasteiger partial charge in [-0.3, -0.25) is 0 Å². The van der Waals surface area contributed by atoms with Crippen LogP contribution in [0.15, 0.2) is 34.9 Å². The fraction of sp³-hybridized carbons (Fsp3) is 0.826. The zero-order valence-corrected chi connectivity index (χ0v) is 40.7. The van der Waals surface area contributed by atoms with Crippen LogP contribution in [-0.4, -0.2) is 42.8 Å². The van der Waals surface area contributed by atoms with Crippen LogP contribution in [-0.2, 0) is 13.3 Å². The van der Waals surface area contributed by atoms with Gasteiger partial charge in [-0.05, 0) is 142 Å². The third-order valence-corrected chi connectivity index (χ3v) is 29.0. The van der Waals surface area contributed by atoms with Gasteiger partial charge in [0, 0.05) is 17.6 Å². The molecule has 0 aromatic carbocycles. The van der Waals surface area contributed by atoms with Gasteiger partial charge >= 0.3 is 0 Å². The SMILES string of the molecule is C=C1[C@H](O[Si](C)(C)C(C)(C)C)C(C)=C(C#CC2=CCC[C@]3(C)[C@@H]([C@H](C)CCCC(C)(C)O[Si](CC)(CC)CC)CC[C@@H]23)C[C@H]1O[Si](C)(C)C(C)(C)C. The Balaban J connectivity index is 1.83. The quantitative estimate of drug-likeness (QED) is 0.100. The Kier molecular flexibility index (Phi) is 14.8. The van der Waals surface area contributed by atoms with Crippen molar-refractivity contribution < 1.29 is 13.3 Å². The van der Waals surface area contributed by atoms with E-state index in [1.54, 1.807) is 0 Å². The van der Waals surface area contributed by atoms with Crippen LogP contribution in [0.3, 0.4) is 0 Å². The lowest BCUT2D eigenvalue weighted by molar-refractivity contribution is 0.0736. The molecule has 0 bridgehead atoms. The van der Waals surface area contributed by atoms with Crippen LogP contribution in [0.1, 0.15) is 148 Å². The van der Waals surface area contributed by atoms with Gasteiger partial charge in [-0.25, -0.2) is 0 Å². The summed E-state index contributed by atoms with van der Waals surface area (Å²) < 4.78 is 21.3. The van der Waals surface area contributed by atoms with Crippen molar-refractivity contribution >= 4 is 25.0 Å². The summed E-state index contributed by atoms with van der Waals surface area (Å²) in [6.45, 7) is 47.2. The van der Waals surface area contributed by atoms with Gasteiger partial charge in [0.25, 0.3) is 0 Å². The van der Waals surface area contributed by atoms with Crippen LogP contribution in [0, 0.1) is 35.0 Å². The summed E-state index contributed by atoms with van der Waals surface area (Å²) in [7, 11) is -5.72. The molecule has 6 atom stereocenters. The van der Waals surface area contributed by atoms with E-state index in [1.807, 2.05) is 0 Å². The maximum Gasteiger partial charge on any atom is 0.193 e. The molecule has 0 radical (unpaired) electrons. The lowest BCUT2D eigenvalue weighted by Crippen LogP contribution is -2.50. The molecule has 6 heteroatoms. The highest BCUT2D eigenvalue weighted by molar-refractivity contribution is 6.75. The molecule has 0 aromatic heterocycles. The van der Waals surface area contributed by atoms with Gasteiger partial charge in [0.05, 0.1) is 17.8 Å². The predicted octanol–water partition coefficient (Wildman–Crippen LogP) is 14.4. The fourth-order valence-electron chi connectivity index (χ4n) is 9.21. The topological polar surface area (TPSA) is 27.7 Å². The second-order valence-corrected chi connectivity index (χ2v) is 35.4. The van der Waals surface area contributed by atoms with Crippen molar-refractivity contribution in [3.8, 4) is 11.8 Å². The molecule has 3 rings (SSSR count). The molecule has 0 amide bonds. The first kappa shape index (κ1) is 45.7. The molecule has 0 aromatic rings. The molecule has 3 nitrogen and oxygen atoms in total. The molecule has 3 aliphatic rings. The third kappa shape index (κ3) is 10.2. The highest BCUT2D eigenvalue weighted by Crippen LogP contribution is 2.58. The molecule has 0 spiro atoms. The van der Waals surface area contributed by atoms with Gasteiger partial charge in [-0.1, -0.05) is 113 Å². The van der Waals surface area contributed by atoms with Crippen molar-refractivity contribution in [2.75, 3.05) is 0 Å². The number of fused-ring (bicyclic) bond motifs is 1. The third-order valence-electron chi connectivity index (χ3n) is 15.2. The molecule has 0 heterocycles. The molecule has 1 saturated carbocycles. The second kappa shape index (κ2) is 16.8. The highest BCUT2D eigenvalue weighted by Gasteiger charge is 2.50. The van der Waals surface area contributed by atoms with Crippen molar-refractivity contribution in [1.29, 1.82) is 0 Å². The summed E-state index contributed by atoms with van der Waals surface area (Å²) >= 11 is 0. The Morgan fingerprint density at radius 1 is 0.885 bits per heavy atom. The minimum absolute atomic E-state index is 0.0197. The maximum absolute atomic E-state index is 7.17. The first-order chi connectivity index (χ1) is 23.7. The minimum atomic E-state index is -2.07. The van der Waals surface area contributed by atoms with Gasteiger partial charge < -0.3 is 13.3 Å². The normalized spacial score (nSPS) is 27.3. The van der Waals surface area contributed by atoms with Gasteiger partial charge in [-0.2, -0.15) is 0 Å². The van der Waals surface area contributed by atoms with E-state index in [2.05, 4.69) is 148 Å². The van der Waals surface area contributed by atoms with Crippen molar-refractivity contribution in [3.05, 3.63) is 34.9 Å². The molecule has 0 unspecified atom stereocenters. The highest BCUT2D eigenvalue weighted by atomic mass is 28.4. The van der Waals surface area contributed by atoms with E-state index < -0.39 is 25.0 Å². The standard InChI is InChI=1S/C46H84O3Si3/c1-20-52(21-2,22-3)49-45(13,14)31-23-25-34(4)39-29-30-40-37(26-24-32-46(39,40)15)27-28-38-33-41(47-50(16,17)43(7,8)9)36(6)42(35(38)5)48-51(18,19)44(10,11)12/h26,34,39-42H,6,20-25,29-33H2,1-5,7-19H3/t34-,39-,40+,41-,42-,46-/m1/s1. The molecule has 3 aliphatic carbocycles. The molecular weight excluding hydrogens is 685 g/mol. The molecule has 0 saturated heterocycles. The number of rotatable bonds is 14. The van der Waals surface area contributed by atoms with Gasteiger partial charge in [-0.15, -0.1) is 0 Å². The molecule has 52 heavy (non-hydrogen) atoms. The predicted molar refractivity (Wildman–Crippen MR) is 235 cm³/mol. The van der Waals surface area contributed by atoms with E-state index >= 15 is 0 Å². The Labute approximate surface area is 327 Å². The van der Waals surface area contributed by atoms with Gasteiger partial charge in [0.15, 0.2) is 25.0 Å². The Morgan fingerprint density at radius 3 is 1.98 bits per heavy atom. The summed E-state index contributed by atoms with van der Waals surface area (Å²) in [5.41, 5.74) is 5.25. The lowest BCUT2D eigenvalue weighted by Gasteiger charge is -2.46. The molecule has 1 fully saturated rings. The summed E-state index contributed by atoms with van der Waals surface area (Å²) in [6, 6.07) is 3.68. The number of hydrogen-bond donors (Lipinski definition) is 0. The smallest absolute Gasteiger partial charge is 0.193 e. The van der Waals surface area contributed by atoms with E-state index in [0.717, 1.165) is 36.7 Å². The monoisotopic (exact) mass is 769 g/mol. The van der Waals surface area contributed by atoms with E-state index in [-0.39, 0.29) is 27.9 Å². The van der Waals surface area contributed by atoms with E-state index in [1.165, 1.54) is 67.0 Å². The van der Waals surface area contributed by atoms with Crippen LogP contribution >= 0.6 is 0 Å². The second-order valence-electron chi connectivity index (χ2n) is 21.2. The summed E-state index contributed by atoms with van der Waals surface area (Å²) in [4.78, 5) is 0. The number of allylic oxidation sites excluding steroid dienone is 2. The maximum atomic E-state index is 7.17. The first-order valence-corrected chi connectivity index (χ1v) is 29.7. The van der Waals surface area contributed by atoms with Gasteiger partial charge in [0.1, 0.15) is 0 Å². The molecule has 298 valence electrons. The molecular formula is C46H84O3Si3. The van der Waals surface area contributed by atoms with Crippen LogP contribution in [0.2, 0.25) is 54.4 Å². The van der Waals surface area contributed by atoms with E-state index in [9.17, 15) is 0 Å².